The van der Waals surface area contributed by atoms with Crippen LogP contribution in [0.25, 0.3) is 0 Å². The molecule has 1 atom stereocenters. The zero-order chi connectivity index (χ0) is 11.1. The second-order valence-electron chi connectivity index (χ2n) is 3.53. The van der Waals surface area contributed by atoms with Crippen molar-refractivity contribution in [1.29, 1.82) is 5.26 Å². The number of aliphatic hydroxyl groups excluding tert-OH is 1. The van der Waals surface area contributed by atoms with Gasteiger partial charge in [0.05, 0.1) is 17.7 Å². The van der Waals surface area contributed by atoms with Crippen molar-refractivity contribution in [3.63, 3.8) is 0 Å². The Morgan fingerprint density at radius 2 is 2.07 bits per heavy atom. The maximum Gasteiger partial charge on any atom is 0.0991 e. The molecule has 78 valence electrons. The van der Waals surface area contributed by atoms with Gasteiger partial charge < -0.3 is 5.11 Å². The number of aliphatic hydroxyl groups is 1. The maximum absolute atomic E-state index is 9.49. The Morgan fingerprint density at radius 1 is 1.40 bits per heavy atom. The Hall–Kier alpha value is -1.59. The van der Waals surface area contributed by atoms with Crippen molar-refractivity contribution in [2.45, 2.75) is 25.4 Å². The van der Waals surface area contributed by atoms with Crippen LogP contribution in [0.4, 0.5) is 0 Å². The van der Waals surface area contributed by atoms with Crippen molar-refractivity contribution in [3.05, 3.63) is 48.0 Å². The van der Waals surface area contributed by atoms with Gasteiger partial charge in [0.1, 0.15) is 0 Å². The van der Waals surface area contributed by atoms with E-state index >= 15 is 0 Å². The average Bonchev–Trinajstić information content (AvgIpc) is 2.27. The van der Waals surface area contributed by atoms with Crippen LogP contribution in [0.2, 0.25) is 0 Å². The van der Waals surface area contributed by atoms with Gasteiger partial charge in [0.2, 0.25) is 0 Å². The van der Waals surface area contributed by atoms with Gasteiger partial charge in [0.25, 0.3) is 0 Å². The van der Waals surface area contributed by atoms with E-state index in [1.165, 1.54) is 0 Å². The summed E-state index contributed by atoms with van der Waals surface area (Å²) in [7, 11) is 0. The van der Waals surface area contributed by atoms with Crippen LogP contribution in [0.1, 0.15) is 24.0 Å². The third kappa shape index (κ3) is 3.97. The zero-order valence-electron chi connectivity index (χ0n) is 8.69. The van der Waals surface area contributed by atoms with E-state index in [0.717, 1.165) is 18.4 Å². The van der Waals surface area contributed by atoms with Gasteiger partial charge in [-0.05, 0) is 37.0 Å². The van der Waals surface area contributed by atoms with Gasteiger partial charge >= 0.3 is 0 Å². The predicted octanol–water partition coefficient (Wildman–Crippen LogP) is 2.43. The Balaban J connectivity index is 2.44. The van der Waals surface area contributed by atoms with Crippen LogP contribution in [-0.4, -0.2) is 11.2 Å². The maximum atomic E-state index is 9.49. The van der Waals surface area contributed by atoms with E-state index in [2.05, 4.69) is 12.6 Å². The standard InChI is InChI=1S/C13H15NO/c1-2-3-13(15)9-8-11-4-6-12(10-14)7-5-11/h2,4-7,13,15H,1,3,8-9H2. The van der Waals surface area contributed by atoms with Crippen molar-refractivity contribution in [2.75, 3.05) is 0 Å². The highest BCUT2D eigenvalue weighted by molar-refractivity contribution is 5.31. The molecule has 0 aliphatic heterocycles. The summed E-state index contributed by atoms with van der Waals surface area (Å²) in [6.45, 7) is 3.58. The first-order valence-corrected chi connectivity index (χ1v) is 5.04. The summed E-state index contributed by atoms with van der Waals surface area (Å²) in [6.07, 6.45) is 3.62. The number of nitrogens with zero attached hydrogens (tertiary/aromatic N) is 1. The fourth-order valence-corrected chi connectivity index (χ4v) is 1.39. The van der Waals surface area contributed by atoms with Crippen LogP contribution >= 0.6 is 0 Å². The lowest BCUT2D eigenvalue weighted by Gasteiger charge is -2.07. The van der Waals surface area contributed by atoms with E-state index in [0.29, 0.717) is 12.0 Å². The molecule has 0 aliphatic carbocycles. The zero-order valence-corrected chi connectivity index (χ0v) is 8.69. The lowest BCUT2D eigenvalue weighted by Crippen LogP contribution is -2.06. The first kappa shape index (κ1) is 11.5. The lowest BCUT2D eigenvalue weighted by atomic mass is 10.0. The number of hydrogen-bond acceptors (Lipinski definition) is 2. The van der Waals surface area contributed by atoms with E-state index in [1.54, 1.807) is 18.2 Å². The molecule has 0 amide bonds. The summed E-state index contributed by atoms with van der Waals surface area (Å²) < 4.78 is 0. The Bertz CT molecular complexity index is 348. The smallest absolute Gasteiger partial charge is 0.0991 e. The van der Waals surface area contributed by atoms with Crippen molar-refractivity contribution < 1.29 is 5.11 Å². The Morgan fingerprint density at radius 3 is 2.60 bits per heavy atom. The van der Waals surface area contributed by atoms with Crippen LogP contribution in [0.3, 0.4) is 0 Å². The molecule has 0 spiro atoms. The number of hydrogen-bond donors (Lipinski definition) is 1. The van der Waals surface area contributed by atoms with Gasteiger partial charge in [-0.25, -0.2) is 0 Å². The van der Waals surface area contributed by atoms with E-state index in [9.17, 15) is 5.11 Å². The van der Waals surface area contributed by atoms with Crippen molar-refractivity contribution in [1.82, 2.24) is 0 Å². The monoisotopic (exact) mass is 201 g/mol. The number of aryl methyl sites for hydroxylation is 1. The molecule has 0 heterocycles. The highest BCUT2D eigenvalue weighted by atomic mass is 16.3. The molecule has 0 aromatic heterocycles. The number of benzene rings is 1. The highest BCUT2D eigenvalue weighted by Gasteiger charge is 2.02. The van der Waals surface area contributed by atoms with Crippen LogP contribution in [-0.2, 0) is 6.42 Å². The third-order valence-corrected chi connectivity index (χ3v) is 2.29. The molecule has 0 saturated carbocycles. The molecule has 1 N–H and O–H groups in total. The quantitative estimate of drug-likeness (QED) is 0.743. The Labute approximate surface area is 90.5 Å². The molecule has 0 fully saturated rings. The molecule has 2 heteroatoms. The first-order valence-electron chi connectivity index (χ1n) is 5.04. The fraction of sp³-hybridized carbons (Fsp3) is 0.308. The van der Waals surface area contributed by atoms with Gasteiger partial charge in [0.15, 0.2) is 0 Å². The third-order valence-electron chi connectivity index (χ3n) is 2.29. The molecule has 1 rings (SSSR count). The minimum absolute atomic E-state index is 0.307. The van der Waals surface area contributed by atoms with E-state index in [1.807, 2.05) is 12.1 Å². The highest BCUT2D eigenvalue weighted by Crippen LogP contribution is 2.09. The van der Waals surface area contributed by atoms with E-state index in [-0.39, 0.29) is 6.10 Å². The van der Waals surface area contributed by atoms with E-state index < -0.39 is 0 Å². The summed E-state index contributed by atoms with van der Waals surface area (Å²) in [4.78, 5) is 0. The van der Waals surface area contributed by atoms with Crippen LogP contribution in [0.5, 0.6) is 0 Å². The van der Waals surface area contributed by atoms with Crippen LogP contribution in [0, 0.1) is 11.3 Å². The molecule has 1 aromatic rings. The minimum atomic E-state index is -0.307. The second kappa shape index (κ2) is 6.00. The van der Waals surface area contributed by atoms with Gasteiger partial charge in [-0.3, -0.25) is 0 Å². The SMILES string of the molecule is C=CCC(O)CCc1ccc(C#N)cc1. The Kier molecular flexibility index (Phi) is 4.59. The topological polar surface area (TPSA) is 44.0 Å². The molecular formula is C13H15NO. The van der Waals surface area contributed by atoms with Gasteiger partial charge in [-0.1, -0.05) is 18.2 Å². The first-order chi connectivity index (χ1) is 7.26. The van der Waals surface area contributed by atoms with Gasteiger partial charge in [0, 0.05) is 0 Å². The molecule has 15 heavy (non-hydrogen) atoms. The molecule has 1 unspecified atom stereocenters. The van der Waals surface area contributed by atoms with Crippen LogP contribution < -0.4 is 0 Å². The molecule has 0 radical (unpaired) electrons. The fourth-order valence-electron chi connectivity index (χ4n) is 1.39. The summed E-state index contributed by atoms with van der Waals surface area (Å²) in [5.74, 6) is 0. The minimum Gasteiger partial charge on any atom is -0.393 e. The predicted molar refractivity (Wildman–Crippen MR) is 60.3 cm³/mol. The lowest BCUT2D eigenvalue weighted by molar-refractivity contribution is 0.168. The van der Waals surface area contributed by atoms with Gasteiger partial charge in [-0.15, -0.1) is 6.58 Å². The molecule has 2 nitrogen and oxygen atoms in total. The molecule has 0 aliphatic rings. The second-order valence-corrected chi connectivity index (χ2v) is 3.53. The summed E-state index contributed by atoms with van der Waals surface area (Å²) in [5.41, 5.74) is 1.82. The van der Waals surface area contributed by atoms with Crippen molar-refractivity contribution in [2.24, 2.45) is 0 Å². The average molecular weight is 201 g/mol. The number of rotatable bonds is 5. The van der Waals surface area contributed by atoms with Gasteiger partial charge in [-0.2, -0.15) is 5.26 Å². The molecule has 0 bridgehead atoms. The molecular weight excluding hydrogens is 186 g/mol. The summed E-state index contributed by atoms with van der Waals surface area (Å²) in [5, 5.41) is 18.1. The molecule has 0 saturated heterocycles. The number of nitriles is 1. The largest absolute Gasteiger partial charge is 0.393 e. The molecule has 1 aromatic carbocycles. The van der Waals surface area contributed by atoms with E-state index in [4.69, 9.17) is 5.26 Å². The van der Waals surface area contributed by atoms with Crippen molar-refractivity contribution in [3.8, 4) is 6.07 Å². The summed E-state index contributed by atoms with van der Waals surface area (Å²) in [6, 6.07) is 9.54. The van der Waals surface area contributed by atoms with Crippen molar-refractivity contribution >= 4 is 0 Å². The normalized spacial score (nSPS) is 11.7. The van der Waals surface area contributed by atoms with Crippen LogP contribution in [0.15, 0.2) is 36.9 Å². The summed E-state index contributed by atoms with van der Waals surface area (Å²) >= 11 is 0.